The second-order valence-corrected chi connectivity index (χ2v) is 3.02. The standard InChI is InChI=1S/C7H19N2/c1-6-7(2)9(4,5)8-3/h7-8H,6H2,1-5H3/q+1. The molecule has 0 aromatic heterocycles. The fourth-order valence-corrected chi connectivity index (χ4v) is 0.677. The van der Waals surface area contributed by atoms with E-state index in [2.05, 4.69) is 33.4 Å². The van der Waals surface area contributed by atoms with Crippen LogP contribution in [0, 0.1) is 0 Å². The molecule has 1 atom stereocenters. The lowest BCUT2D eigenvalue weighted by molar-refractivity contribution is -0.953. The first-order chi connectivity index (χ1) is 4.04. The SMILES string of the molecule is CCC(C)[N+](C)(C)NC. The van der Waals surface area contributed by atoms with Gasteiger partial charge in [-0.25, -0.2) is 4.59 Å². The molecule has 2 heteroatoms. The Kier molecular flexibility index (Phi) is 3.15. The number of rotatable bonds is 3. The maximum Gasteiger partial charge on any atom is 0.103 e. The average molecular weight is 131 g/mol. The van der Waals surface area contributed by atoms with Crippen LogP contribution in [-0.4, -0.2) is 31.8 Å². The van der Waals surface area contributed by atoms with Gasteiger partial charge in [0, 0.05) is 7.05 Å². The van der Waals surface area contributed by atoms with Crippen LogP contribution >= 0.6 is 0 Å². The normalized spacial score (nSPS) is 15.7. The van der Waals surface area contributed by atoms with E-state index < -0.39 is 0 Å². The van der Waals surface area contributed by atoms with Crippen molar-refractivity contribution in [2.75, 3.05) is 21.1 Å². The first kappa shape index (κ1) is 8.92. The fourth-order valence-electron chi connectivity index (χ4n) is 0.677. The summed E-state index contributed by atoms with van der Waals surface area (Å²) in [5.41, 5.74) is 3.23. The molecule has 0 saturated heterocycles. The van der Waals surface area contributed by atoms with E-state index in [0.29, 0.717) is 6.04 Å². The van der Waals surface area contributed by atoms with Crippen LogP contribution in [0.4, 0.5) is 0 Å². The van der Waals surface area contributed by atoms with Crippen LogP contribution in [0.15, 0.2) is 0 Å². The highest BCUT2D eigenvalue weighted by Crippen LogP contribution is 2.03. The molecule has 0 saturated carbocycles. The van der Waals surface area contributed by atoms with Gasteiger partial charge in [-0.05, 0) is 13.3 Å². The highest BCUT2D eigenvalue weighted by molar-refractivity contribution is 4.41. The van der Waals surface area contributed by atoms with Crippen molar-refractivity contribution in [3.05, 3.63) is 0 Å². The Labute approximate surface area is 58.4 Å². The zero-order chi connectivity index (χ0) is 7.49. The number of hydrogen-bond donors (Lipinski definition) is 1. The van der Waals surface area contributed by atoms with Crippen LogP contribution in [-0.2, 0) is 0 Å². The van der Waals surface area contributed by atoms with Crippen LogP contribution in [0.5, 0.6) is 0 Å². The highest BCUT2D eigenvalue weighted by Gasteiger charge is 2.19. The van der Waals surface area contributed by atoms with Gasteiger partial charge in [-0.1, -0.05) is 6.92 Å². The van der Waals surface area contributed by atoms with Crippen LogP contribution in [0.3, 0.4) is 0 Å². The van der Waals surface area contributed by atoms with Crippen molar-refractivity contribution in [2.45, 2.75) is 26.3 Å². The van der Waals surface area contributed by atoms with Crippen molar-refractivity contribution in [3.8, 4) is 0 Å². The van der Waals surface area contributed by atoms with Crippen LogP contribution < -0.4 is 5.43 Å². The lowest BCUT2D eigenvalue weighted by Gasteiger charge is -2.33. The van der Waals surface area contributed by atoms with Gasteiger partial charge >= 0.3 is 0 Å². The van der Waals surface area contributed by atoms with Gasteiger partial charge in [0.15, 0.2) is 0 Å². The van der Waals surface area contributed by atoms with Crippen molar-refractivity contribution in [2.24, 2.45) is 0 Å². The van der Waals surface area contributed by atoms with Gasteiger partial charge < -0.3 is 0 Å². The molecular formula is C7H19N2+. The van der Waals surface area contributed by atoms with E-state index in [1.807, 2.05) is 7.05 Å². The second kappa shape index (κ2) is 3.18. The summed E-state index contributed by atoms with van der Waals surface area (Å²) < 4.78 is 0.899. The summed E-state index contributed by atoms with van der Waals surface area (Å²) in [7, 11) is 6.34. The Bertz CT molecular complexity index is 79.0. The first-order valence-electron chi connectivity index (χ1n) is 3.57. The maximum absolute atomic E-state index is 3.23. The fraction of sp³-hybridized carbons (Fsp3) is 1.00. The molecule has 0 heterocycles. The Morgan fingerprint density at radius 1 is 1.44 bits per heavy atom. The Balaban J connectivity index is 3.80. The summed E-state index contributed by atoms with van der Waals surface area (Å²) in [6, 6.07) is 0.690. The first-order valence-corrected chi connectivity index (χ1v) is 3.57. The highest BCUT2D eigenvalue weighted by atomic mass is 15.6. The molecule has 0 radical (unpaired) electrons. The summed E-state index contributed by atoms with van der Waals surface area (Å²) in [6.45, 7) is 4.46. The lowest BCUT2D eigenvalue weighted by Crippen LogP contribution is -2.55. The number of nitrogens with zero attached hydrogens (tertiary/aromatic N) is 1. The molecule has 1 unspecified atom stereocenters. The molecule has 0 rings (SSSR count). The quantitative estimate of drug-likeness (QED) is 0.445. The molecule has 9 heavy (non-hydrogen) atoms. The van der Waals surface area contributed by atoms with E-state index in [0.717, 1.165) is 4.59 Å². The number of nitrogens with one attached hydrogen (secondary N) is 1. The molecule has 56 valence electrons. The van der Waals surface area contributed by atoms with Crippen LogP contribution in [0.25, 0.3) is 0 Å². The van der Waals surface area contributed by atoms with Crippen LogP contribution in [0.1, 0.15) is 20.3 Å². The zero-order valence-corrected chi connectivity index (χ0v) is 7.23. The van der Waals surface area contributed by atoms with E-state index in [1.165, 1.54) is 6.42 Å². The molecule has 0 amide bonds. The van der Waals surface area contributed by atoms with Crippen molar-refractivity contribution in [1.82, 2.24) is 5.43 Å². The molecule has 0 aliphatic rings. The van der Waals surface area contributed by atoms with E-state index in [9.17, 15) is 0 Å². The molecule has 0 aromatic carbocycles. The largest absolute Gasteiger partial charge is 0.249 e. The van der Waals surface area contributed by atoms with E-state index >= 15 is 0 Å². The van der Waals surface area contributed by atoms with Gasteiger partial charge in [-0.2, -0.15) is 5.43 Å². The van der Waals surface area contributed by atoms with Crippen molar-refractivity contribution in [3.63, 3.8) is 0 Å². The maximum atomic E-state index is 3.23. The average Bonchev–Trinajstić information content (AvgIpc) is 1.86. The van der Waals surface area contributed by atoms with Gasteiger partial charge in [-0.15, -0.1) is 0 Å². The monoisotopic (exact) mass is 131 g/mol. The van der Waals surface area contributed by atoms with Crippen molar-refractivity contribution >= 4 is 0 Å². The summed E-state index contributed by atoms with van der Waals surface area (Å²) in [4.78, 5) is 0. The molecule has 0 bridgehead atoms. The summed E-state index contributed by atoms with van der Waals surface area (Å²) in [5.74, 6) is 0. The summed E-state index contributed by atoms with van der Waals surface area (Å²) >= 11 is 0. The van der Waals surface area contributed by atoms with Gasteiger partial charge in [0.25, 0.3) is 0 Å². The van der Waals surface area contributed by atoms with Crippen molar-refractivity contribution in [1.29, 1.82) is 0 Å². The molecule has 0 aromatic rings. The molecule has 1 N–H and O–H groups in total. The van der Waals surface area contributed by atoms with Crippen LogP contribution in [0.2, 0.25) is 0 Å². The predicted octanol–water partition coefficient (Wildman–Crippen LogP) is 0.996. The summed E-state index contributed by atoms with van der Waals surface area (Å²) in [6.07, 6.45) is 1.22. The molecule has 0 aliphatic heterocycles. The minimum Gasteiger partial charge on any atom is -0.249 e. The molecule has 0 fully saturated rings. The van der Waals surface area contributed by atoms with Gasteiger partial charge in [0.2, 0.25) is 0 Å². The summed E-state index contributed by atoms with van der Waals surface area (Å²) in [5, 5.41) is 0. The predicted molar refractivity (Wildman–Crippen MR) is 40.9 cm³/mol. The molecule has 2 nitrogen and oxygen atoms in total. The Morgan fingerprint density at radius 3 is 2.00 bits per heavy atom. The van der Waals surface area contributed by atoms with Gasteiger partial charge in [-0.3, -0.25) is 0 Å². The minimum atomic E-state index is 0.690. The van der Waals surface area contributed by atoms with Gasteiger partial charge in [0.05, 0.1) is 14.1 Å². The minimum absolute atomic E-state index is 0.690. The Morgan fingerprint density at radius 2 is 1.89 bits per heavy atom. The van der Waals surface area contributed by atoms with Gasteiger partial charge in [0.1, 0.15) is 6.04 Å². The molecule has 0 aliphatic carbocycles. The molecular weight excluding hydrogens is 112 g/mol. The van der Waals surface area contributed by atoms with E-state index in [4.69, 9.17) is 0 Å². The third-order valence-electron chi connectivity index (χ3n) is 2.27. The smallest absolute Gasteiger partial charge is 0.103 e. The number of hydrogen-bond acceptors (Lipinski definition) is 1. The molecule has 0 spiro atoms. The Hall–Kier alpha value is -0.0800. The lowest BCUT2D eigenvalue weighted by atomic mass is 10.2. The third-order valence-corrected chi connectivity index (χ3v) is 2.27. The number of quaternary nitrogens is 1. The zero-order valence-electron chi connectivity index (χ0n) is 7.23. The third kappa shape index (κ3) is 2.33. The van der Waals surface area contributed by atoms with Crippen molar-refractivity contribution < 1.29 is 4.59 Å². The van der Waals surface area contributed by atoms with E-state index in [1.54, 1.807) is 0 Å². The second-order valence-electron chi connectivity index (χ2n) is 3.02. The van der Waals surface area contributed by atoms with E-state index in [-0.39, 0.29) is 0 Å². The topological polar surface area (TPSA) is 12.0 Å².